The molecular weight excluding hydrogens is 288 g/mol. The van der Waals surface area contributed by atoms with Gasteiger partial charge in [0.1, 0.15) is 6.61 Å². The van der Waals surface area contributed by atoms with Crippen LogP contribution in [0.25, 0.3) is 0 Å². The van der Waals surface area contributed by atoms with E-state index < -0.39 is 47.3 Å². The molecule has 0 saturated heterocycles. The zero-order chi connectivity index (χ0) is 16.2. The maximum atomic E-state index is 13.4. The third kappa shape index (κ3) is 2.30. The van der Waals surface area contributed by atoms with Crippen LogP contribution in [0.3, 0.4) is 0 Å². The fraction of sp³-hybridized carbons (Fsp3) is 0.533. The van der Waals surface area contributed by atoms with Crippen LogP contribution in [-0.4, -0.2) is 5.97 Å². The van der Waals surface area contributed by atoms with E-state index in [-0.39, 0.29) is 16.9 Å². The van der Waals surface area contributed by atoms with Crippen LogP contribution in [0.2, 0.25) is 0 Å². The smallest absolute Gasteiger partial charge is 0.310 e. The van der Waals surface area contributed by atoms with Gasteiger partial charge < -0.3 is 4.74 Å². The van der Waals surface area contributed by atoms with Crippen molar-refractivity contribution in [2.75, 3.05) is 0 Å². The lowest BCUT2D eigenvalue weighted by molar-refractivity contribution is -0.148. The van der Waals surface area contributed by atoms with Crippen LogP contribution in [0.5, 0.6) is 0 Å². The molecule has 0 radical (unpaired) electrons. The molecule has 0 unspecified atom stereocenters. The minimum atomic E-state index is -1.55. The Morgan fingerprint density at radius 3 is 1.86 bits per heavy atom. The van der Waals surface area contributed by atoms with E-state index in [1.807, 2.05) is 27.7 Å². The summed E-state index contributed by atoms with van der Waals surface area (Å²) in [4.78, 5) is 11.9. The standard InChI is InChI=1S/C15H16F4O2/c1-14(2)12(15(14,3)4)13(20)21-6-7-10(18)8(16)5-9(17)11(7)19/h5,12H,6H2,1-4H3. The van der Waals surface area contributed by atoms with E-state index in [2.05, 4.69) is 0 Å². The molecule has 21 heavy (non-hydrogen) atoms. The maximum Gasteiger partial charge on any atom is 0.310 e. The third-order valence-corrected chi connectivity index (χ3v) is 4.82. The van der Waals surface area contributed by atoms with Gasteiger partial charge in [0, 0.05) is 6.07 Å². The maximum absolute atomic E-state index is 13.4. The van der Waals surface area contributed by atoms with Gasteiger partial charge in [-0.15, -0.1) is 0 Å². The zero-order valence-electron chi connectivity index (χ0n) is 12.2. The molecule has 0 aliphatic heterocycles. The summed E-state index contributed by atoms with van der Waals surface area (Å²) in [6, 6.07) is 0.114. The van der Waals surface area contributed by atoms with Crippen molar-refractivity contribution >= 4 is 5.97 Å². The third-order valence-electron chi connectivity index (χ3n) is 4.82. The molecular formula is C15H16F4O2. The van der Waals surface area contributed by atoms with Gasteiger partial charge in [0.2, 0.25) is 0 Å². The van der Waals surface area contributed by atoms with Crippen LogP contribution >= 0.6 is 0 Å². The largest absolute Gasteiger partial charge is 0.460 e. The zero-order valence-corrected chi connectivity index (χ0v) is 12.2. The molecule has 1 saturated carbocycles. The fourth-order valence-corrected chi connectivity index (χ4v) is 2.76. The number of hydrogen-bond acceptors (Lipinski definition) is 2. The Hall–Kier alpha value is -1.59. The van der Waals surface area contributed by atoms with Crippen molar-refractivity contribution in [2.24, 2.45) is 16.7 Å². The molecule has 1 aliphatic rings. The first-order chi connectivity index (χ1) is 9.51. The highest BCUT2D eigenvalue weighted by atomic mass is 19.2. The lowest BCUT2D eigenvalue weighted by atomic mass is 10.0. The Labute approximate surface area is 120 Å². The van der Waals surface area contributed by atoms with Crippen LogP contribution < -0.4 is 0 Å². The second-order valence-electron chi connectivity index (χ2n) is 6.43. The number of rotatable bonds is 3. The van der Waals surface area contributed by atoms with Crippen molar-refractivity contribution < 1.29 is 27.1 Å². The van der Waals surface area contributed by atoms with Crippen molar-refractivity contribution in [1.82, 2.24) is 0 Å². The van der Waals surface area contributed by atoms with Crippen LogP contribution in [-0.2, 0) is 16.1 Å². The van der Waals surface area contributed by atoms with Gasteiger partial charge in [0.05, 0.1) is 11.5 Å². The van der Waals surface area contributed by atoms with Gasteiger partial charge >= 0.3 is 5.97 Å². The number of carbonyl (C=O) groups excluding carboxylic acids is 1. The summed E-state index contributed by atoms with van der Waals surface area (Å²) in [5.74, 6) is -7.19. The first-order valence-electron chi connectivity index (χ1n) is 6.50. The van der Waals surface area contributed by atoms with Crippen molar-refractivity contribution in [3.05, 3.63) is 34.9 Å². The van der Waals surface area contributed by atoms with Gasteiger partial charge in [0.15, 0.2) is 23.3 Å². The average Bonchev–Trinajstić information content (AvgIpc) is 2.77. The quantitative estimate of drug-likeness (QED) is 0.480. The van der Waals surface area contributed by atoms with Gasteiger partial charge in [-0.1, -0.05) is 27.7 Å². The summed E-state index contributed by atoms with van der Waals surface area (Å²) in [5.41, 5.74) is -1.51. The number of hydrogen-bond donors (Lipinski definition) is 0. The van der Waals surface area contributed by atoms with E-state index >= 15 is 0 Å². The fourth-order valence-electron chi connectivity index (χ4n) is 2.76. The number of esters is 1. The summed E-state index contributed by atoms with van der Waals surface area (Å²) in [6.45, 7) is 6.67. The summed E-state index contributed by atoms with van der Waals surface area (Å²) in [6.07, 6.45) is 0. The number of carbonyl (C=O) groups is 1. The molecule has 0 aromatic heterocycles. The second kappa shape index (κ2) is 4.71. The average molecular weight is 304 g/mol. The van der Waals surface area contributed by atoms with Crippen LogP contribution in [0, 0.1) is 40.0 Å². The highest BCUT2D eigenvalue weighted by Crippen LogP contribution is 2.68. The van der Waals surface area contributed by atoms with E-state index in [0.717, 1.165) is 0 Å². The van der Waals surface area contributed by atoms with E-state index in [1.54, 1.807) is 0 Å². The predicted molar refractivity (Wildman–Crippen MR) is 67.1 cm³/mol. The number of benzene rings is 1. The Balaban J connectivity index is 2.14. The summed E-state index contributed by atoms with van der Waals surface area (Å²) in [5, 5.41) is 0. The van der Waals surface area contributed by atoms with Gasteiger partial charge in [-0.05, 0) is 10.8 Å². The monoisotopic (exact) mass is 304 g/mol. The Kier molecular flexibility index (Phi) is 3.54. The van der Waals surface area contributed by atoms with E-state index in [9.17, 15) is 22.4 Å². The van der Waals surface area contributed by atoms with Gasteiger partial charge in [-0.3, -0.25) is 4.79 Å². The van der Waals surface area contributed by atoms with Crippen LogP contribution in [0.15, 0.2) is 6.07 Å². The molecule has 116 valence electrons. The van der Waals surface area contributed by atoms with Crippen molar-refractivity contribution in [1.29, 1.82) is 0 Å². The minimum absolute atomic E-state index is 0.114. The molecule has 0 amide bonds. The molecule has 0 heterocycles. The molecule has 1 fully saturated rings. The lowest BCUT2D eigenvalue weighted by Crippen LogP contribution is -2.14. The molecule has 0 spiro atoms. The molecule has 2 nitrogen and oxygen atoms in total. The second-order valence-corrected chi connectivity index (χ2v) is 6.43. The van der Waals surface area contributed by atoms with Gasteiger partial charge in [-0.2, -0.15) is 0 Å². The highest BCUT2D eigenvalue weighted by molar-refractivity contribution is 5.78. The van der Waals surface area contributed by atoms with Crippen molar-refractivity contribution in [3.63, 3.8) is 0 Å². The Morgan fingerprint density at radius 1 is 1.05 bits per heavy atom. The molecule has 0 atom stereocenters. The van der Waals surface area contributed by atoms with E-state index in [4.69, 9.17) is 4.74 Å². The minimum Gasteiger partial charge on any atom is -0.460 e. The van der Waals surface area contributed by atoms with Crippen molar-refractivity contribution in [2.45, 2.75) is 34.3 Å². The molecule has 1 aliphatic carbocycles. The Bertz CT molecular complexity index is 568. The first-order valence-corrected chi connectivity index (χ1v) is 6.50. The Morgan fingerprint density at radius 2 is 1.48 bits per heavy atom. The van der Waals surface area contributed by atoms with Gasteiger partial charge in [0.25, 0.3) is 0 Å². The van der Waals surface area contributed by atoms with Crippen LogP contribution in [0.1, 0.15) is 33.3 Å². The first kappa shape index (κ1) is 15.8. The number of halogens is 4. The van der Waals surface area contributed by atoms with E-state index in [0.29, 0.717) is 0 Å². The lowest BCUT2D eigenvalue weighted by Gasteiger charge is -2.09. The van der Waals surface area contributed by atoms with Gasteiger partial charge in [-0.25, -0.2) is 17.6 Å². The summed E-state index contributed by atoms with van der Waals surface area (Å²) < 4.78 is 57.8. The SMILES string of the molecule is CC1(C)C(C(=O)OCc2c(F)c(F)cc(F)c2F)C1(C)C. The summed E-state index contributed by atoms with van der Waals surface area (Å²) >= 11 is 0. The molecule has 0 bridgehead atoms. The van der Waals surface area contributed by atoms with Crippen LogP contribution in [0.4, 0.5) is 17.6 Å². The summed E-state index contributed by atoms with van der Waals surface area (Å²) in [7, 11) is 0. The molecule has 1 aromatic rings. The molecule has 2 rings (SSSR count). The topological polar surface area (TPSA) is 26.3 Å². The number of ether oxygens (including phenoxy) is 1. The predicted octanol–water partition coefficient (Wildman–Crippen LogP) is 3.97. The molecule has 1 aromatic carbocycles. The normalized spacial score (nSPS) is 19.4. The van der Waals surface area contributed by atoms with Crippen molar-refractivity contribution in [3.8, 4) is 0 Å². The molecule has 0 N–H and O–H groups in total. The molecule has 6 heteroatoms. The van der Waals surface area contributed by atoms with E-state index in [1.165, 1.54) is 0 Å². The highest BCUT2D eigenvalue weighted by Gasteiger charge is 2.69.